The zero-order valence-corrected chi connectivity index (χ0v) is 11.1. The summed E-state index contributed by atoms with van der Waals surface area (Å²) in [5, 5.41) is 3.38. The van der Waals surface area contributed by atoms with Crippen molar-refractivity contribution in [1.82, 2.24) is 5.32 Å². The minimum absolute atomic E-state index is 0.0756. The van der Waals surface area contributed by atoms with E-state index in [4.69, 9.17) is 4.74 Å². The molecular weight excluding hydrogens is 214 g/mol. The molecule has 0 bridgehead atoms. The van der Waals surface area contributed by atoms with Crippen molar-refractivity contribution in [3.8, 4) is 0 Å². The van der Waals surface area contributed by atoms with Crippen molar-refractivity contribution < 1.29 is 9.53 Å². The van der Waals surface area contributed by atoms with E-state index in [9.17, 15) is 4.79 Å². The summed E-state index contributed by atoms with van der Waals surface area (Å²) in [7, 11) is 0. The lowest BCUT2D eigenvalue weighted by Gasteiger charge is -2.42. The monoisotopic (exact) mass is 239 g/mol. The molecule has 1 aliphatic rings. The fraction of sp³-hybridized carbons (Fsp3) is 0.786. The predicted molar refractivity (Wildman–Crippen MR) is 69.8 cm³/mol. The van der Waals surface area contributed by atoms with Crippen molar-refractivity contribution in [3.63, 3.8) is 0 Å². The van der Waals surface area contributed by atoms with Crippen LogP contribution in [-0.4, -0.2) is 24.7 Å². The molecule has 0 aliphatic heterocycles. The number of hydrogen-bond acceptors (Lipinski definition) is 3. The maximum atomic E-state index is 12.3. The van der Waals surface area contributed by atoms with Gasteiger partial charge in [-0.15, -0.1) is 6.58 Å². The molecule has 3 nitrogen and oxygen atoms in total. The summed E-state index contributed by atoms with van der Waals surface area (Å²) in [5.41, 5.74) is -0.475. The lowest BCUT2D eigenvalue weighted by atomic mass is 9.71. The first-order valence-electron chi connectivity index (χ1n) is 6.74. The minimum atomic E-state index is -0.475. The van der Waals surface area contributed by atoms with Gasteiger partial charge < -0.3 is 4.74 Å². The fourth-order valence-corrected chi connectivity index (χ4v) is 2.89. The third kappa shape index (κ3) is 3.09. The molecule has 0 spiro atoms. The van der Waals surface area contributed by atoms with E-state index in [1.165, 1.54) is 6.42 Å². The van der Waals surface area contributed by atoms with E-state index in [1.54, 1.807) is 0 Å². The minimum Gasteiger partial charge on any atom is -0.465 e. The van der Waals surface area contributed by atoms with Crippen molar-refractivity contribution in [2.75, 3.05) is 13.2 Å². The molecular formula is C14H25NO2. The Morgan fingerprint density at radius 2 is 2.29 bits per heavy atom. The summed E-state index contributed by atoms with van der Waals surface area (Å²) in [5.74, 6) is 0.309. The number of ether oxygens (including phenoxy) is 1. The van der Waals surface area contributed by atoms with Crippen molar-refractivity contribution >= 4 is 5.97 Å². The van der Waals surface area contributed by atoms with E-state index in [0.29, 0.717) is 19.1 Å². The van der Waals surface area contributed by atoms with Gasteiger partial charge in [0, 0.05) is 6.54 Å². The Kier molecular flexibility index (Phi) is 5.69. The van der Waals surface area contributed by atoms with Crippen LogP contribution in [0.3, 0.4) is 0 Å². The molecule has 1 fully saturated rings. The Balaban J connectivity index is 2.88. The second-order valence-corrected chi connectivity index (χ2v) is 4.71. The molecule has 1 saturated carbocycles. The molecule has 0 aromatic carbocycles. The molecule has 0 amide bonds. The normalized spacial score (nSPS) is 28.7. The third-order valence-corrected chi connectivity index (χ3v) is 3.76. The third-order valence-electron chi connectivity index (χ3n) is 3.76. The van der Waals surface area contributed by atoms with E-state index in [2.05, 4.69) is 18.8 Å². The first-order valence-corrected chi connectivity index (χ1v) is 6.74. The van der Waals surface area contributed by atoms with Gasteiger partial charge in [0.05, 0.1) is 6.61 Å². The summed E-state index contributed by atoms with van der Waals surface area (Å²) in [6.07, 6.45) is 7.14. The molecule has 0 radical (unpaired) electrons. The zero-order chi connectivity index (χ0) is 12.7. The van der Waals surface area contributed by atoms with Crippen LogP contribution in [0.25, 0.3) is 0 Å². The molecule has 2 atom stereocenters. The second kappa shape index (κ2) is 6.80. The van der Waals surface area contributed by atoms with E-state index in [1.807, 2.05) is 13.0 Å². The summed E-state index contributed by atoms with van der Waals surface area (Å²) in [4.78, 5) is 12.3. The SMILES string of the molecule is C=CCNC1(C(=O)OCC)CCCCC1CC. The lowest BCUT2D eigenvalue weighted by Crippen LogP contribution is -2.59. The average Bonchev–Trinajstić information content (AvgIpc) is 2.36. The topological polar surface area (TPSA) is 38.3 Å². The van der Waals surface area contributed by atoms with Crippen LogP contribution in [0.5, 0.6) is 0 Å². The predicted octanol–water partition coefficient (Wildman–Crippen LogP) is 2.66. The van der Waals surface area contributed by atoms with Crippen LogP contribution in [0.4, 0.5) is 0 Å². The first kappa shape index (κ1) is 14.2. The number of carbonyl (C=O) groups excluding carboxylic acids is 1. The number of hydrogen-bond donors (Lipinski definition) is 1. The molecule has 0 aromatic heterocycles. The van der Waals surface area contributed by atoms with Crippen molar-refractivity contribution in [2.24, 2.45) is 5.92 Å². The summed E-state index contributed by atoms with van der Waals surface area (Å²) < 4.78 is 5.28. The molecule has 0 saturated heterocycles. The molecule has 2 unspecified atom stereocenters. The van der Waals surface area contributed by atoms with Gasteiger partial charge in [-0.25, -0.2) is 0 Å². The van der Waals surface area contributed by atoms with E-state index < -0.39 is 5.54 Å². The summed E-state index contributed by atoms with van der Waals surface area (Å²) >= 11 is 0. The molecule has 1 rings (SSSR count). The Morgan fingerprint density at radius 1 is 1.53 bits per heavy atom. The van der Waals surface area contributed by atoms with Gasteiger partial charge in [-0.1, -0.05) is 32.3 Å². The van der Waals surface area contributed by atoms with Crippen LogP contribution in [0, 0.1) is 5.92 Å². The molecule has 1 N–H and O–H groups in total. The molecule has 3 heteroatoms. The van der Waals surface area contributed by atoms with Crippen molar-refractivity contribution in [3.05, 3.63) is 12.7 Å². The quantitative estimate of drug-likeness (QED) is 0.572. The Labute approximate surface area is 105 Å². The van der Waals surface area contributed by atoms with Crippen molar-refractivity contribution in [1.29, 1.82) is 0 Å². The van der Waals surface area contributed by atoms with Gasteiger partial charge in [0.2, 0.25) is 0 Å². The van der Waals surface area contributed by atoms with Gasteiger partial charge in [0.15, 0.2) is 0 Å². The maximum absolute atomic E-state index is 12.3. The van der Waals surface area contributed by atoms with Gasteiger partial charge in [0.25, 0.3) is 0 Å². The van der Waals surface area contributed by atoms with E-state index >= 15 is 0 Å². The summed E-state index contributed by atoms with van der Waals surface area (Å²) in [6, 6.07) is 0. The van der Waals surface area contributed by atoms with Gasteiger partial charge >= 0.3 is 5.97 Å². The van der Waals surface area contributed by atoms with Crippen LogP contribution < -0.4 is 5.32 Å². The molecule has 98 valence electrons. The number of rotatable bonds is 6. The molecule has 0 heterocycles. The number of nitrogens with one attached hydrogen (secondary N) is 1. The van der Waals surface area contributed by atoms with Gasteiger partial charge in [0.1, 0.15) is 5.54 Å². The van der Waals surface area contributed by atoms with Crippen LogP contribution in [0.15, 0.2) is 12.7 Å². The van der Waals surface area contributed by atoms with Crippen molar-refractivity contribution in [2.45, 2.75) is 51.5 Å². The largest absolute Gasteiger partial charge is 0.465 e. The van der Waals surface area contributed by atoms with E-state index in [0.717, 1.165) is 25.7 Å². The highest BCUT2D eigenvalue weighted by Gasteiger charge is 2.46. The summed E-state index contributed by atoms with van der Waals surface area (Å²) in [6.45, 7) is 8.85. The Hall–Kier alpha value is -0.830. The lowest BCUT2D eigenvalue weighted by molar-refractivity contribution is -0.155. The van der Waals surface area contributed by atoms with Gasteiger partial charge in [-0.2, -0.15) is 0 Å². The van der Waals surface area contributed by atoms with Crippen LogP contribution in [0.2, 0.25) is 0 Å². The smallest absolute Gasteiger partial charge is 0.326 e. The fourth-order valence-electron chi connectivity index (χ4n) is 2.89. The highest BCUT2D eigenvalue weighted by Crippen LogP contribution is 2.37. The van der Waals surface area contributed by atoms with Crippen LogP contribution >= 0.6 is 0 Å². The van der Waals surface area contributed by atoms with E-state index in [-0.39, 0.29) is 5.97 Å². The number of carbonyl (C=O) groups is 1. The molecule has 17 heavy (non-hydrogen) atoms. The maximum Gasteiger partial charge on any atom is 0.326 e. The Morgan fingerprint density at radius 3 is 2.88 bits per heavy atom. The highest BCUT2D eigenvalue weighted by molar-refractivity contribution is 5.81. The molecule has 1 aliphatic carbocycles. The zero-order valence-electron chi connectivity index (χ0n) is 11.1. The first-order chi connectivity index (χ1) is 8.21. The Bertz CT molecular complexity index is 265. The van der Waals surface area contributed by atoms with Gasteiger partial charge in [-0.05, 0) is 25.7 Å². The van der Waals surface area contributed by atoms with Crippen LogP contribution in [-0.2, 0) is 9.53 Å². The standard InChI is InChI=1S/C14H25NO2/c1-4-11-15-14(13(16)17-6-3)10-8-7-9-12(14)5-2/h4,12,15H,1,5-11H2,2-3H3. The molecule has 0 aromatic rings. The second-order valence-electron chi connectivity index (χ2n) is 4.71. The van der Waals surface area contributed by atoms with Gasteiger partial charge in [-0.3, -0.25) is 10.1 Å². The number of esters is 1. The van der Waals surface area contributed by atoms with Crippen LogP contribution in [0.1, 0.15) is 46.0 Å². The average molecular weight is 239 g/mol. The highest BCUT2D eigenvalue weighted by atomic mass is 16.5.